The molecule has 25 heavy (non-hydrogen) atoms. The van der Waals surface area contributed by atoms with Gasteiger partial charge in [-0.1, -0.05) is 0 Å². The lowest BCUT2D eigenvalue weighted by Crippen LogP contribution is -2.65. The topological polar surface area (TPSA) is 103 Å². The number of esters is 1. The maximum Gasteiger partial charge on any atom is 0.359 e. The van der Waals surface area contributed by atoms with Gasteiger partial charge in [-0.2, -0.15) is 0 Å². The summed E-state index contributed by atoms with van der Waals surface area (Å²) < 4.78 is 11.2. The van der Waals surface area contributed by atoms with Gasteiger partial charge in [-0.05, 0) is 19.8 Å². The minimum absolute atomic E-state index is 0.000165. The minimum Gasteiger partial charge on any atom is -0.464 e. The van der Waals surface area contributed by atoms with Crippen LogP contribution in [0.5, 0.6) is 0 Å². The number of fused-ring (bicyclic) bond motifs is 1. The van der Waals surface area contributed by atoms with Crippen molar-refractivity contribution in [3.63, 3.8) is 0 Å². The quantitative estimate of drug-likeness (QED) is 0.563. The first-order valence-corrected chi connectivity index (χ1v) is 8.18. The van der Waals surface area contributed by atoms with Crippen LogP contribution in [0.4, 0.5) is 0 Å². The summed E-state index contributed by atoms with van der Waals surface area (Å²) >= 11 is 0. The van der Waals surface area contributed by atoms with Gasteiger partial charge in [-0.15, -0.1) is 0 Å². The predicted octanol–water partition coefficient (Wildman–Crippen LogP) is -0.191. The molecule has 0 radical (unpaired) electrons. The molecule has 1 aliphatic heterocycles. The number of hydrogen-bond donors (Lipinski definition) is 1. The van der Waals surface area contributed by atoms with E-state index in [1.807, 2.05) is 0 Å². The maximum absolute atomic E-state index is 13.1. The summed E-state index contributed by atoms with van der Waals surface area (Å²) in [6, 6.07) is -0.000165. The van der Waals surface area contributed by atoms with Gasteiger partial charge in [0, 0.05) is 19.7 Å². The Labute approximate surface area is 145 Å². The number of hydrogen-bond acceptors (Lipinski definition) is 6. The summed E-state index contributed by atoms with van der Waals surface area (Å²) in [6.07, 6.45) is 3.09. The van der Waals surface area contributed by atoms with E-state index in [0.717, 1.165) is 12.8 Å². The number of aromatic nitrogens is 2. The van der Waals surface area contributed by atoms with Gasteiger partial charge in [0.25, 0.3) is 5.91 Å². The molecular formula is C16H22N4O5. The van der Waals surface area contributed by atoms with E-state index in [4.69, 9.17) is 9.47 Å². The number of amides is 2. The zero-order chi connectivity index (χ0) is 18.2. The molecule has 2 heterocycles. The second-order valence-corrected chi connectivity index (χ2v) is 6.49. The summed E-state index contributed by atoms with van der Waals surface area (Å²) in [6.45, 7) is 2.73. The van der Waals surface area contributed by atoms with E-state index in [9.17, 15) is 14.4 Å². The number of carbonyl (C=O) groups excluding carboxylic acids is 3. The first-order valence-electron chi connectivity index (χ1n) is 8.18. The van der Waals surface area contributed by atoms with E-state index >= 15 is 0 Å². The van der Waals surface area contributed by atoms with Crippen molar-refractivity contribution in [2.45, 2.75) is 37.9 Å². The first kappa shape index (κ1) is 17.4. The van der Waals surface area contributed by atoms with Gasteiger partial charge in [0.15, 0.2) is 5.69 Å². The molecule has 1 atom stereocenters. The number of methoxy groups -OCH3 is 2. The van der Waals surface area contributed by atoms with Crippen molar-refractivity contribution >= 4 is 17.8 Å². The normalized spacial score (nSPS) is 22.5. The molecule has 1 saturated carbocycles. The highest BCUT2D eigenvalue weighted by atomic mass is 16.5. The Hall–Kier alpha value is -2.42. The molecule has 1 fully saturated rings. The minimum atomic E-state index is -1.05. The van der Waals surface area contributed by atoms with E-state index in [2.05, 4.69) is 10.3 Å². The van der Waals surface area contributed by atoms with Gasteiger partial charge < -0.3 is 24.3 Å². The molecule has 0 aromatic carbocycles. The van der Waals surface area contributed by atoms with Gasteiger partial charge in [-0.25, -0.2) is 9.78 Å². The van der Waals surface area contributed by atoms with Crippen LogP contribution in [0, 0.1) is 0 Å². The third-order valence-electron chi connectivity index (χ3n) is 4.64. The van der Waals surface area contributed by atoms with Crippen LogP contribution >= 0.6 is 0 Å². The Kier molecular flexibility index (Phi) is 4.51. The fourth-order valence-electron chi connectivity index (χ4n) is 3.26. The molecule has 0 spiro atoms. The number of carbonyl (C=O) groups is 3. The highest BCUT2D eigenvalue weighted by Crippen LogP contribution is 2.38. The fourth-order valence-corrected chi connectivity index (χ4v) is 3.26. The molecule has 2 aliphatic rings. The average Bonchev–Trinajstić information content (AvgIpc) is 3.32. The zero-order valence-electron chi connectivity index (χ0n) is 14.6. The lowest BCUT2D eigenvalue weighted by Gasteiger charge is -2.44. The van der Waals surface area contributed by atoms with Gasteiger partial charge >= 0.3 is 5.97 Å². The number of nitrogens with zero attached hydrogens (tertiary/aromatic N) is 3. The van der Waals surface area contributed by atoms with Crippen LogP contribution in [-0.2, 0) is 20.8 Å². The molecule has 1 aliphatic carbocycles. The molecular weight excluding hydrogens is 328 g/mol. The molecule has 9 nitrogen and oxygen atoms in total. The van der Waals surface area contributed by atoms with E-state index in [1.165, 1.54) is 13.4 Å². The Bertz CT molecular complexity index is 711. The van der Waals surface area contributed by atoms with Gasteiger partial charge in [0.2, 0.25) is 5.91 Å². The maximum atomic E-state index is 13.1. The smallest absolute Gasteiger partial charge is 0.359 e. The van der Waals surface area contributed by atoms with Crippen molar-refractivity contribution in [2.24, 2.45) is 0 Å². The van der Waals surface area contributed by atoms with Crippen molar-refractivity contribution < 1.29 is 23.9 Å². The average molecular weight is 350 g/mol. The third-order valence-corrected chi connectivity index (χ3v) is 4.64. The largest absolute Gasteiger partial charge is 0.464 e. The number of nitrogens with one attached hydrogen (secondary N) is 1. The predicted molar refractivity (Wildman–Crippen MR) is 86.0 cm³/mol. The summed E-state index contributed by atoms with van der Waals surface area (Å²) in [5.74, 6) is -1.27. The highest BCUT2D eigenvalue weighted by molar-refractivity contribution is 6.06. The van der Waals surface area contributed by atoms with Crippen LogP contribution in [0.15, 0.2) is 6.33 Å². The lowest BCUT2D eigenvalue weighted by molar-refractivity contribution is -0.133. The van der Waals surface area contributed by atoms with E-state index in [-0.39, 0.29) is 35.8 Å². The van der Waals surface area contributed by atoms with Crippen molar-refractivity contribution in [1.29, 1.82) is 0 Å². The van der Waals surface area contributed by atoms with Crippen LogP contribution < -0.4 is 5.32 Å². The molecule has 1 aromatic rings. The molecule has 9 heteroatoms. The summed E-state index contributed by atoms with van der Waals surface area (Å²) in [5, 5.41) is 2.82. The van der Waals surface area contributed by atoms with Crippen LogP contribution in [0.2, 0.25) is 0 Å². The number of imidazole rings is 1. The lowest BCUT2D eigenvalue weighted by atomic mass is 9.94. The van der Waals surface area contributed by atoms with E-state index in [0.29, 0.717) is 13.2 Å². The Morgan fingerprint density at radius 1 is 1.40 bits per heavy atom. The summed E-state index contributed by atoms with van der Waals surface area (Å²) in [5.41, 5.74) is -0.881. The zero-order valence-corrected chi connectivity index (χ0v) is 14.6. The highest BCUT2D eigenvalue weighted by Gasteiger charge is 2.53. The monoisotopic (exact) mass is 350 g/mol. The number of ether oxygens (including phenoxy) is 2. The van der Waals surface area contributed by atoms with Crippen molar-refractivity contribution in [3.8, 4) is 0 Å². The molecule has 0 saturated heterocycles. The number of rotatable bonds is 6. The fraction of sp³-hybridized carbons (Fsp3) is 0.625. The second kappa shape index (κ2) is 6.47. The Morgan fingerprint density at radius 3 is 2.72 bits per heavy atom. The molecule has 0 unspecified atom stereocenters. The SMILES string of the molecule is COCCNC(=O)[C@]1(C)Cn2cnc(C(=O)OC)c2C(=O)N1C1CC1. The van der Waals surface area contributed by atoms with Crippen molar-refractivity contribution in [3.05, 3.63) is 17.7 Å². The van der Waals surface area contributed by atoms with Gasteiger partial charge in [-0.3, -0.25) is 9.59 Å². The molecule has 2 amide bonds. The van der Waals surface area contributed by atoms with Crippen molar-refractivity contribution in [1.82, 2.24) is 19.8 Å². The van der Waals surface area contributed by atoms with Crippen LogP contribution in [0.1, 0.15) is 40.7 Å². The Morgan fingerprint density at radius 2 is 2.12 bits per heavy atom. The second-order valence-electron chi connectivity index (χ2n) is 6.49. The van der Waals surface area contributed by atoms with Crippen LogP contribution in [0.3, 0.4) is 0 Å². The van der Waals surface area contributed by atoms with Gasteiger partial charge in [0.05, 0.1) is 26.6 Å². The summed E-state index contributed by atoms with van der Waals surface area (Å²) in [4.78, 5) is 43.4. The molecule has 1 aromatic heterocycles. The van der Waals surface area contributed by atoms with Crippen LogP contribution in [-0.4, -0.2) is 71.2 Å². The standard InChI is InChI=1S/C16H22N4O5/c1-16(15(23)17-6-7-24-2)8-19-9-18-11(14(22)25-3)12(19)13(21)20(16)10-4-5-10/h9-10H,4-8H2,1-3H3,(H,17,23)/t16-/m0/s1. The third kappa shape index (κ3) is 2.88. The molecule has 0 bridgehead atoms. The Balaban J connectivity index is 1.96. The summed E-state index contributed by atoms with van der Waals surface area (Å²) in [7, 11) is 2.80. The molecule has 3 rings (SSSR count). The van der Waals surface area contributed by atoms with Crippen molar-refractivity contribution in [2.75, 3.05) is 27.4 Å². The van der Waals surface area contributed by atoms with Crippen LogP contribution in [0.25, 0.3) is 0 Å². The van der Waals surface area contributed by atoms with E-state index in [1.54, 1.807) is 23.5 Å². The molecule has 1 N–H and O–H groups in total. The first-order chi connectivity index (χ1) is 11.9. The van der Waals surface area contributed by atoms with E-state index < -0.39 is 11.5 Å². The van der Waals surface area contributed by atoms with Gasteiger partial charge in [0.1, 0.15) is 11.2 Å². The molecule has 136 valence electrons.